The van der Waals surface area contributed by atoms with Crippen molar-refractivity contribution < 1.29 is 19.7 Å². The summed E-state index contributed by atoms with van der Waals surface area (Å²) in [5.41, 5.74) is 3.68. The molecule has 0 aliphatic heterocycles. The number of unbranched alkanes of at least 4 members (excludes halogenated alkanes) is 2. The fraction of sp³-hybridized carbons (Fsp3) is 0.458. The highest BCUT2D eigenvalue weighted by atomic mass is 16.6. The number of aryl methyl sites for hydroxylation is 2. The molecule has 0 unspecified atom stereocenters. The van der Waals surface area contributed by atoms with Gasteiger partial charge in [0.05, 0.1) is 18.2 Å². The summed E-state index contributed by atoms with van der Waals surface area (Å²) in [6.07, 6.45) is 3.16. The number of nitrogens with zero attached hydrogens (tertiary/aromatic N) is 1. The molecule has 0 radical (unpaired) electrons. The highest BCUT2D eigenvalue weighted by Crippen LogP contribution is 2.42. The number of amides is 1. The highest BCUT2D eigenvalue weighted by molar-refractivity contribution is 5.79. The molecule has 2 rings (SSSR count). The number of hydrogen-bond acceptors (Lipinski definition) is 4. The van der Waals surface area contributed by atoms with E-state index in [0.29, 0.717) is 11.1 Å². The standard InChI is InChI=1S/C24H33NO4/c1-6-7-8-11-18-14-21(26)22(19-12-9-10-17(4)13-19)23(27)20(18)15-25(5)24(28)29-16(2)3/h9-10,12-14,16,26-27H,6-8,11,15H2,1-5H3. The van der Waals surface area contributed by atoms with E-state index in [4.69, 9.17) is 4.74 Å². The molecule has 0 aliphatic carbocycles. The van der Waals surface area contributed by atoms with Gasteiger partial charge in [0.15, 0.2) is 0 Å². The first kappa shape index (κ1) is 22.6. The van der Waals surface area contributed by atoms with Gasteiger partial charge < -0.3 is 19.8 Å². The van der Waals surface area contributed by atoms with Crippen LogP contribution < -0.4 is 0 Å². The fourth-order valence-corrected chi connectivity index (χ4v) is 3.39. The predicted octanol–water partition coefficient (Wildman–Crippen LogP) is 5.78. The number of phenolic OH excluding ortho intramolecular Hbond substituents is 2. The van der Waals surface area contributed by atoms with Crippen LogP contribution in [0, 0.1) is 6.92 Å². The van der Waals surface area contributed by atoms with Crippen LogP contribution in [0.1, 0.15) is 56.7 Å². The zero-order chi connectivity index (χ0) is 21.6. The molecule has 29 heavy (non-hydrogen) atoms. The molecular formula is C24H33NO4. The minimum absolute atomic E-state index is 0.0197. The normalized spacial score (nSPS) is 11.0. The van der Waals surface area contributed by atoms with Gasteiger partial charge in [-0.15, -0.1) is 0 Å². The lowest BCUT2D eigenvalue weighted by Gasteiger charge is -2.23. The summed E-state index contributed by atoms with van der Waals surface area (Å²) in [6, 6.07) is 9.37. The van der Waals surface area contributed by atoms with Crippen LogP contribution in [0.15, 0.2) is 30.3 Å². The molecule has 0 saturated carbocycles. The molecule has 2 N–H and O–H groups in total. The Balaban J connectivity index is 2.48. The van der Waals surface area contributed by atoms with Crippen LogP contribution in [-0.2, 0) is 17.7 Å². The smallest absolute Gasteiger partial charge is 0.410 e. The summed E-state index contributed by atoms with van der Waals surface area (Å²) in [5.74, 6) is 0.0713. The van der Waals surface area contributed by atoms with Gasteiger partial charge in [0.1, 0.15) is 11.5 Å². The third kappa shape index (κ3) is 5.89. The highest BCUT2D eigenvalue weighted by Gasteiger charge is 2.22. The molecule has 5 heteroatoms. The predicted molar refractivity (Wildman–Crippen MR) is 116 cm³/mol. The number of ether oxygens (including phenoxy) is 1. The van der Waals surface area contributed by atoms with Crippen molar-refractivity contribution in [2.24, 2.45) is 0 Å². The molecule has 5 nitrogen and oxygen atoms in total. The van der Waals surface area contributed by atoms with Crippen molar-refractivity contribution in [3.05, 3.63) is 47.0 Å². The zero-order valence-electron chi connectivity index (χ0n) is 18.2. The summed E-state index contributed by atoms with van der Waals surface area (Å²) < 4.78 is 5.27. The van der Waals surface area contributed by atoms with Gasteiger partial charge in [-0.1, -0.05) is 49.6 Å². The van der Waals surface area contributed by atoms with Crippen molar-refractivity contribution in [2.45, 2.75) is 66.0 Å². The Morgan fingerprint density at radius 2 is 1.90 bits per heavy atom. The van der Waals surface area contributed by atoms with Gasteiger partial charge in [-0.05, 0) is 50.8 Å². The Morgan fingerprint density at radius 3 is 2.52 bits per heavy atom. The van der Waals surface area contributed by atoms with Crippen LogP contribution in [0.4, 0.5) is 4.79 Å². The molecule has 0 fully saturated rings. The molecule has 1 amide bonds. The van der Waals surface area contributed by atoms with E-state index in [1.807, 2.05) is 31.2 Å². The van der Waals surface area contributed by atoms with Crippen LogP contribution >= 0.6 is 0 Å². The Bertz CT molecular complexity index is 845. The van der Waals surface area contributed by atoms with Crippen molar-refractivity contribution >= 4 is 6.09 Å². The minimum atomic E-state index is -0.441. The number of carbonyl (C=O) groups is 1. The number of phenols is 2. The van der Waals surface area contributed by atoms with E-state index in [2.05, 4.69) is 6.92 Å². The second-order valence-electron chi connectivity index (χ2n) is 7.87. The molecule has 2 aromatic carbocycles. The van der Waals surface area contributed by atoms with Gasteiger partial charge >= 0.3 is 6.09 Å². The van der Waals surface area contributed by atoms with Crippen LogP contribution in [0.3, 0.4) is 0 Å². The quantitative estimate of drug-likeness (QED) is 0.552. The molecule has 0 atom stereocenters. The third-order valence-electron chi connectivity index (χ3n) is 4.88. The molecule has 2 aromatic rings. The van der Waals surface area contributed by atoms with Crippen molar-refractivity contribution in [3.63, 3.8) is 0 Å². The summed E-state index contributed by atoms with van der Waals surface area (Å²) >= 11 is 0. The van der Waals surface area contributed by atoms with Crippen molar-refractivity contribution in [1.29, 1.82) is 0 Å². The summed E-state index contributed by atoms with van der Waals surface area (Å²) in [5, 5.41) is 21.8. The van der Waals surface area contributed by atoms with Crippen LogP contribution in [-0.4, -0.2) is 34.4 Å². The number of hydrogen-bond donors (Lipinski definition) is 2. The van der Waals surface area contributed by atoms with Crippen molar-refractivity contribution in [3.8, 4) is 22.6 Å². The molecule has 0 aliphatic rings. The zero-order valence-corrected chi connectivity index (χ0v) is 18.2. The van der Waals surface area contributed by atoms with Gasteiger partial charge in [-0.3, -0.25) is 0 Å². The van der Waals surface area contributed by atoms with Crippen LogP contribution in [0.25, 0.3) is 11.1 Å². The van der Waals surface area contributed by atoms with Crippen LogP contribution in [0.5, 0.6) is 11.5 Å². The molecule has 0 saturated heterocycles. The van der Waals surface area contributed by atoms with E-state index in [9.17, 15) is 15.0 Å². The lowest BCUT2D eigenvalue weighted by atomic mass is 9.92. The summed E-state index contributed by atoms with van der Waals surface area (Å²) in [4.78, 5) is 13.7. The van der Waals surface area contributed by atoms with E-state index in [1.165, 1.54) is 4.90 Å². The SMILES string of the molecule is CCCCCc1cc(O)c(-c2cccc(C)c2)c(O)c1CN(C)C(=O)OC(C)C. The van der Waals surface area contributed by atoms with Gasteiger partial charge in [-0.2, -0.15) is 0 Å². The summed E-state index contributed by atoms with van der Waals surface area (Å²) in [6.45, 7) is 7.91. The molecule has 0 aromatic heterocycles. The minimum Gasteiger partial charge on any atom is -0.507 e. The van der Waals surface area contributed by atoms with E-state index in [0.717, 1.165) is 42.4 Å². The largest absolute Gasteiger partial charge is 0.507 e. The van der Waals surface area contributed by atoms with E-state index in [1.54, 1.807) is 27.0 Å². The number of benzene rings is 2. The monoisotopic (exact) mass is 399 g/mol. The Morgan fingerprint density at radius 1 is 1.17 bits per heavy atom. The van der Waals surface area contributed by atoms with Gasteiger partial charge in [0.25, 0.3) is 0 Å². The number of carbonyl (C=O) groups excluding carboxylic acids is 1. The van der Waals surface area contributed by atoms with E-state index in [-0.39, 0.29) is 24.1 Å². The van der Waals surface area contributed by atoms with Crippen LogP contribution in [0.2, 0.25) is 0 Å². The first-order valence-corrected chi connectivity index (χ1v) is 10.3. The molecule has 158 valence electrons. The number of rotatable bonds is 8. The molecule has 0 heterocycles. The maximum Gasteiger partial charge on any atom is 0.410 e. The van der Waals surface area contributed by atoms with E-state index < -0.39 is 6.09 Å². The lowest BCUT2D eigenvalue weighted by Crippen LogP contribution is -2.29. The average Bonchev–Trinajstić information content (AvgIpc) is 2.64. The van der Waals surface area contributed by atoms with Crippen molar-refractivity contribution in [1.82, 2.24) is 4.90 Å². The first-order valence-electron chi connectivity index (χ1n) is 10.3. The topological polar surface area (TPSA) is 70.0 Å². The van der Waals surface area contributed by atoms with E-state index >= 15 is 0 Å². The lowest BCUT2D eigenvalue weighted by molar-refractivity contribution is 0.0820. The van der Waals surface area contributed by atoms with Gasteiger partial charge in [0, 0.05) is 12.6 Å². The first-order chi connectivity index (χ1) is 13.7. The maximum absolute atomic E-state index is 12.3. The molecular weight excluding hydrogens is 366 g/mol. The third-order valence-corrected chi connectivity index (χ3v) is 4.88. The average molecular weight is 400 g/mol. The Labute approximate surface area is 173 Å². The van der Waals surface area contributed by atoms with Gasteiger partial charge in [-0.25, -0.2) is 4.79 Å². The molecule has 0 bridgehead atoms. The van der Waals surface area contributed by atoms with Gasteiger partial charge in [0.2, 0.25) is 0 Å². The summed E-state index contributed by atoms with van der Waals surface area (Å²) in [7, 11) is 1.65. The number of aromatic hydroxyl groups is 2. The fourth-order valence-electron chi connectivity index (χ4n) is 3.39. The second kappa shape index (κ2) is 10.2. The Hall–Kier alpha value is -2.69. The molecule has 0 spiro atoms. The Kier molecular flexibility index (Phi) is 7.94. The maximum atomic E-state index is 12.3. The van der Waals surface area contributed by atoms with Crippen molar-refractivity contribution in [2.75, 3.05) is 7.05 Å². The second-order valence-corrected chi connectivity index (χ2v) is 7.87.